The number of pyridine rings is 1. The van der Waals surface area contributed by atoms with Crippen molar-refractivity contribution < 1.29 is 9.59 Å². The molecule has 0 radical (unpaired) electrons. The van der Waals surface area contributed by atoms with Crippen LogP contribution in [0.3, 0.4) is 0 Å². The van der Waals surface area contributed by atoms with E-state index in [4.69, 9.17) is 0 Å². The van der Waals surface area contributed by atoms with Crippen molar-refractivity contribution in [3.63, 3.8) is 0 Å². The topological polar surface area (TPSA) is 62.3 Å². The van der Waals surface area contributed by atoms with Crippen molar-refractivity contribution in [2.24, 2.45) is 5.92 Å². The Labute approximate surface area is 149 Å². The molecule has 0 bridgehead atoms. The molecule has 3 heterocycles. The third-order valence-corrected chi connectivity index (χ3v) is 5.26. The molecule has 0 aliphatic carbocycles. The van der Waals surface area contributed by atoms with Gasteiger partial charge in [0.1, 0.15) is 0 Å². The van der Waals surface area contributed by atoms with Gasteiger partial charge in [-0.3, -0.25) is 14.6 Å². The summed E-state index contributed by atoms with van der Waals surface area (Å²) in [7, 11) is 0. The molecule has 0 unspecified atom stereocenters. The first-order valence-electron chi connectivity index (χ1n) is 8.12. The molecule has 1 aliphatic rings. The number of likely N-dealkylation sites (tertiary alicyclic amines) is 1. The van der Waals surface area contributed by atoms with Crippen LogP contribution in [0.2, 0.25) is 0 Å². The lowest BCUT2D eigenvalue weighted by molar-refractivity contribution is -0.123. The molecule has 3 aromatic rings. The number of anilines is 1. The fraction of sp³-hybridized carbons (Fsp3) is 0.211. The molecule has 2 amide bonds. The number of thiophene rings is 1. The number of carbonyl (C=O) groups is 2. The average molecular weight is 351 g/mol. The molecular formula is C19H17N3O2S. The summed E-state index contributed by atoms with van der Waals surface area (Å²) >= 11 is 1.42. The molecule has 1 aliphatic heterocycles. The van der Waals surface area contributed by atoms with E-state index in [1.165, 1.54) is 11.3 Å². The zero-order valence-corrected chi connectivity index (χ0v) is 14.5. The SMILES string of the molecule is Cc1ccc2c(NC(=O)C3CN(C(=O)c4cccs4)C3)cccc2n1. The van der Waals surface area contributed by atoms with E-state index >= 15 is 0 Å². The molecule has 0 spiro atoms. The van der Waals surface area contributed by atoms with Crippen LogP contribution in [0.25, 0.3) is 10.9 Å². The Morgan fingerprint density at radius 3 is 2.76 bits per heavy atom. The predicted octanol–water partition coefficient (Wildman–Crippen LogP) is 3.32. The first-order valence-corrected chi connectivity index (χ1v) is 9.00. The van der Waals surface area contributed by atoms with Crippen LogP contribution in [0.4, 0.5) is 5.69 Å². The Morgan fingerprint density at radius 1 is 1.16 bits per heavy atom. The van der Waals surface area contributed by atoms with E-state index in [9.17, 15) is 9.59 Å². The van der Waals surface area contributed by atoms with Crippen LogP contribution in [0, 0.1) is 12.8 Å². The first kappa shape index (κ1) is 15.8. The fourth-order valence-corrected chi connectivity index (χ4v) is 3.66. The predicted molar refractivity (Wildman–Crippen MR) is 98.8 cm³/mol. The summed E-state index contributed by atoms with van der Waals surface area (Å²) in [4.78, 5) is 31.6. The second-order valence-corrected chi connectivity index (χ2v) is 7.15. The van der Waals surface area contributed by atoms with E-state index in [-0.39, 0.29) is 17.7 Å². The van der Waals surface area contributed by atoms with E-state index in [2.05, 4.69) is 10.3 Å². The van der Waals surface area contributed by atoms with E-state index in [1.807, 2.05) is 54.8 Å². The highest BCUT2D eigenvalue weighted by molar-refractivity contribution is 7.12. The van der Waals surface area contributed by atoms with E-state index in [0.29, 0.717) is 18.0 Å². The van der Waals surface area contributed by atoms with Gasteiger partial charge in [-0.2, -0.15) is 0 Å². The molecule has 0 atom stereocenters. The van der Waals surface area contributed by atoms with Gasteiger partial charge in [0.15, 0.2) is 0 Å². The molecule has 1 saturated heterocycles. The minimum absolute atomic E-state index is 0.00360. The Balaban J connectivity index is 1.43. The number of fused-ring (bicyclic) bond motifs is 1. The minimum Gasteiger partial charge on any atom is -0.336 e. The minimum atomic E-state index is -0.169. The third-order valence-electron chi connectivity index (χ3n) is 4.40. The van der Waals surface area contributed by atoms with Crippen molar-refractivity contribution in [1.29, 1.82) is 0 Å². The number of aryl methyl sites for hydroxylation is 1. The maximum atomic E-state index is 12.5. The summed E-state index contributed by atoms with van der Waals surface area (Å²) in [6.45, 7) is 2.87. The Morgan fingerprint density at radius 2 is 2.00 bits per heavy atom. The van der Waals surface area contributed by atoms with Crippen molar-refractivity contribution in [3.8, 4) is 0 Å². The van der Waals surface area contributed by atoms with Crippen molar-refractivity contribution in [3.05, 3.63) is 58.4 Å². The van der Waals surface area contributed by atoms with Crippen LogP contribution in [-0.4, -0.2) is 34.8 Å². The highest BCUT2D eigenvalue weighted by Crippen LogP contribution is 2.25. The number of carbonyl (C=O) groups excluding carboxylic acids is 2. The molecular weight excluding hydrogens is 334 g/mol. The molecule has 1 aromatic carbocycles. The Kier molecular flexibility index (Phi) is 3.97. The highest BCUT2D eigenvalue weighted by Gasteiger charge is 2.36. The van der Waals surface area contributed by atoms with E-state index in [1.54, 1.807) is 4.90 Å². The molecule has 1 N–H and O–H groups in total. The van der Waals surface area contributed by atoms with Gasteiger partial charge < -0.3 is 10.2 Å². The number of aromatic nitrogens is 1. The summed E-state index contributed by atoms with van der Waals surface area (Å²) in [5.74, 6) is -0.218. The average Bonchev–Trinajstić information content (AvgIpc) is 3.07. The van der Waals surface area contributed by atoms with Gasteiger partial charge in [-0.05, 0) is 42.6 Å². The van der Waals surface area contributed by atoms with Gasteiger partial charge in [-0.25, -0.2) is 0 Å². The summed E-state index contributed by atoms with van der Waals surface area (Å²) in [5, 5.41) is 5.79. The summed E-state index contributed by atoms with van der Waals surface area (Å²) in [6, 6.07) is 13.3. The zero-order valence-electron chi connectivity index (χ0n) is 13.7. The maximum absolute atomic E-state index is 12.5. The monoisotopic (exact) mass is 351 g/mol. The van der Waals surface area contributed by atoms with Crippen LogP contribution < -0.4 is 5.32 Å². The highest BCUT2D eigenvalue weighted by atomic mass is 32.1. The first-order chi connectivity index (χ1) is 12.1. The normalized spacial score (nSPS) is 14.4. The quantitative estimate of drug-likeness (QED) is 0.787. The molecule has 6 heteroatoms. The van der Waals surface area contributed by atoms with Crippen molar-refractivity contribution in [1.82, 2.24) is 9.88 Å². The number of amides is 2. The smallest absolute Gasteiger partial charge is 0.263 e. The second kappa shape index (κ2) is 6.29. The number of hydrogen-bond donors (Lipinski definition) is 1. The molecule has 1 fully saturated rings. The van der Waals surface area contributed by atoms with E-state index in [0.717, 1.165) is 22.3 Å². The summed E-state index contributed by atoms with van der Waals surface area (Å²) < 4.78 is 0. The van der Waals surface area contributed by atoms with Crippen molar-refractivity contribution in [2.75, 3.05) is 18.4 Å². The third kappa shape index (κ3) is 3.00. The Bertz CT molecular complexity index is 946. The van der Waals surface area contributed by atoms with Gasteiger partial charge in [-0.1, -0.05) is 12.1 Å². The van der Waals surface area contributed by atoms with Gasteiger partial charge in [0.25, 0.3) is 5.91 Å². The van der Waals surface area contributed by atoms with Crippen molar-refractivity contribution >= 4 is 39.7 Å². The molecule has 2 aromatic heterocycles. The van der Waals surface area contributed by atoms with Crippen LogP contribution in [0.5, 0.6) is 0 Å². The Hall–Kier alpha value is -2.73. The maximum Gasteiger partial charge on any atom is 0.263 e. The van der Waals surface area contributed by atoms with Gasteiger partial charge in [0, 0.05) is 24.2 Å². The lowest BCUT2D eigenvalue weighted by atomic mass is 9.98. The second-order valence-electron chi connectivity index (χ2n) is 6.20. The number of nitrogens with zero attached hydrogens (tertiary/aromatic N) is 2. The lowest BCUT2D eigenvalue weighted by Crippen LogP contribution is -2.54. The number of nitrogens with one attached hydrogen (secondary N) is 1. The number of benzene rings is 1. The van der Waals surface area contributed by atoms with Crippen LogP contribution in [0.1, 0.15) is 15.4 Å². The van der Waals surface area contributed by atoms with Gasteiger partial charge >= 0.3 is 0 Å². The zero-order chi connectivity index (χ0) is 17.4. The number of rotatable bonds is 3. The largest absolute Gasteiger partial charge is 0.336 e. The lowest BCUT2D eigenvalue weighted by Gasteiger charge is -2.38. The standard InChI is InChI=1S/C19H17N3O2S/c1-12-7-8-14-15(20-12)4-2-5-16(14)21-18(23)13-10-22(11-13)19(24)17-6-3-9-25-17/h2-9,13H,10-11H2,1H3,(H,21,23). The van der Waals surface area contributed by atoms with Crippen LogP contribution >= 0.6 is 11.3 Å². The van der Waals surface area contributed by atoms with Crippen molar-refractivity contribution in [2.45, 2.75) is 6.92 Å². The van der Waals surface area contributed by atoms with E-state index < -0.39 is 0 Å². The molecule has 5 nitrogen and oxygen atoms in total. The molecule has 0 saturated carbocycles. The van der Waals surface area contributed by atoms with Gasteiger partial charge in [0.2, 0.25) is 5.91 Å². The fourth-order valence-electron chi connectivity index (χ4n) is 2.97. The summed E-state index contributed by atoms with van der Waals surface area (Å²) in [6.07, 6.45) is 0. The summed E-state index contributed by atoms with van der Waals surface area (Å²) in [5.41, 5.74) is 2.57. The van der Waals surface area contributed by atoms with Gasteiger partial charge in [0.05, 0.1) is 22.0 Å². The number of hydrogen-bond acceptors (Lipinski definition) is 4. The molecule has 126 valence electrons. The van der Waals surface area contributed by atoms with Crippen LogP contribution in [0.15, 0.2) is 47.8 Å². The van der Waals surface area contributed by atoms with Crippen LogP contribution in [-0.2, 0) is 4.79 Å². The molecule has 25 heavy (non-hydrogen) atoms. The van der Waals surface area contributed by atoms with Gasteiger partial charge in [-0.15, -0.1) is 11.3 Å². The molecule has 4 rings (SSSR count).